The molecule has 2 aromatic carbocycles. The predicted molar refractivity (Wildman–Crippen MR) is 138 cm³/mol. The van der Waals surface area contributed by atoms with Crippen molar-refractivity contribution in [1.82, 2.24) is 10.0 Å². The van der Waals surface area contributed by atoms with Gasteiger partial charge in [-0.2, -0.15) is 26.3 Å². The molecule has 0 aromatic heterocycles. The van der Waals surface area contributed by atoms with Crippen LogP contribution in [0.3, 0.4) is 0 Å². The quantitative estimate of drug-likeness (QED) is 0.173. The van der Waals surface area contributed by atoms with Crippen LogP contribution in [-0.2, 0) is 25.2 Å². The van der Waals surface area contributed by atoms with E-state index in [9.17, 15) is 53.1 Å². The molecule has 2 aromatic rings. The fourth-order valence-corrected chi connectivity index (χ4v) is 4.98. The highest BCUT2D eigenvalue weighted by Crippen LogP contribution is 2.49. The van der Waals surface area contributed by atoms with Gasteiger partial charge in [-0.05, 0) is 42.5 Å². The molecule has 17 heteroatoms. The summed E-state index contributed by atoms with van der Waals surface area (Å²) < 4.78 is 153. The Kier molecular flexibility index (Phi) is 10.3. The van der Waals surface area contributed by atoms with E-state index in [4.69, 9.17) is 4.74 Å². The third kappa shape index (κ3) is 8.45. The number of unbranched alkanes of at least 4 members (excludes halogenated alkanes) is 2. The first-order chi connectivity index (χ1) is 20.2. The maximum absolute atomic E-state index is 15.3. The van der Waals surface area contributed by atoms with E-state index in [2.05, 4.69) is 0 Å². The zero-order valence-corrected chi connectivity index (χ0v) is 23.5. The van der Waals surface area contributed by atoms with Crippen LogP contribution in [0.15, 0.2) is 48.0 Å². The standard InChI is InChI=1S/C27H25F9N2O5S/c1-44(41,42)38-24(40)21-18(15-5-7-16(8-6-15)22(29)30)14-25(27(34,35)36,37-23(21)39)19-10-9-17(13-20(19)28)43-12-4-2-3-11-26(31,32)33/h5-10,13,22H,2-4,11-12,14H2,1H3,(H,37,39)(H,38,40). The molecule has 3 rings (SSSR count). The topological polar surface area (TPSA) is 102 Å². The third-order valence-corrected chi connectivity index (χ3v) is 7.13. The van der Waals surface area contributed by atoms with Crippen molar-refractivity contribution in [2.75, 3.05) is 12.9 Å². The Hall–Kier alpha value is -3.76. The number of nitrogens with one attached hydrogen (secondary N) is 2. The van der Waals surface area contributed by atoms with Gasteiger partial charge >= 0.3 is 12.4 Å². The molecule has 0 saturated heterocycles. The van der Waals surface area contributed by atoms with Gasteiger partial charge in [-0.15, -0.1) is 0 Å². The number of amides is 2. The monoisotopic (exact) mass is 660 g/mol. The molecule has 0 radical (unpaired) electrons. The number of carbonyl (C=O) groups excluding carboxylic acids is 2. The molecule has 0 spiro atoms. The van der Waals surface area contributed by atoms with Crippen LogP contribution in [0.2, 0.25) is 0 Å². The van der Waals surface area contributed by atoms with Crippen LogP contribution in [0.5, 0.6) is 5.75 Å². The molecule has 44 heavy (non-hydrogen) atoms. The van der Waals surface area contributed by atoms with Crippen molar-refractivity contribution in [3.05, 3.63) is 70.5 Å². The van der Waals surface area contributed by atoms with Gasteiger partial charge in [0.15, 0.2) is 5.54 Å². The highest BCUT2D eigenvalue weighted by atomic mass is 32.2. The molecule has 1 aliphatic rings. The minimum Gasteiger partial charge on any atom is -0.493 e. The van der Waals surface area contributed by atoms with Crippen LogP contribution in [0.1, 0.15) is 55.2 Å². The van der Waals surface area contributed by atoms with Gasteiger partial charge in [-0.1, -0.05) is 24.3 Å². The van der Waals surface area contributed by atoms with Gasteiger partial charge in [0.25, 0.3) is 18.2 Å². The average Bonchev–Trinajstić information content (AvgIpc) is 2.88. The Morgan fingerprint density at radius 3 is 2.18 bits per heavy atom. The fourth-order valence-electron chi connectivity index (χ4n) is 4.54. The Morgan fingerprint density at radius 2 is 1.66 bits per heavy atom. The lowest BCUT2D eigenvalue weighted by atomic mass is 9.76. The van der Waals surface area contributed by atoms with Crippen LogP contribution < -0.4 is 14.8 Å². The largest absolute Gasteiger partial charge is 0.493 e. The zero-order chi connectivity index (χ0) is 33.1. The van der Waals surface area contributed by atoms with Crippen LogP contribution in [0, 0.1) is 5.82 Å². The van der Waals surface area contributed by atoms with Gasteiger partial charge in [0, 0.05) is 30.0 Å². The van der Waals surface area contributed by atoms with E-state index >= 15 is 4.39 Å². The number of rotatable bonds is 11. The SMILES string of the molecule is CS(=O)(=O)NC(=O)C1=C(c2ccc(C(F)F)cc2)CC(c2ccc(OCCCCCC(F)(F)F)cc2F)(C(F)(F)F)NC1=O. The number of ether oxygens (including phenoxy) is 1. The first-order valence-electron chi connectivity index (χ1n) is 12.8. The second kappa shape index (κ2) is 13.1. The molecule has 1 aliphatic heterocycles. The summed E-state index contributed by atoms with van der Waals surface area (Å²) in [5, 5.41) is 1.60. The van der Waals surface area contributed by atoms with Crippen molar-refractivity contribution in [2.45, 2.75) is 56.4 Å². The van der Waals surface area contributed by atoms with Crippen LogP contribution in [0.25, 0.3) is 5.57 Å². The lowest BCUT2D eigenvalue weighted by molar-refractivity contribution is -0.202. The Balaban J connectivity index is 2.02. The first kappa shape index (κ1) is 34.7. The second-order valence-corrected chi connectivity index (χ2v) is 11.7. The average molecular weight is 661 g/mol. The van der Waals surface area contributed by atoms with E-state index < -0.39 is 87.1 Å². The minimum absolute atomic E-state index is 0.117. The van der Waals surface area contributed by atoms with Gasteiger partial charge in [0.05, 0.1) is 12.9 Å². The minimum atomic E-state index is -5.43. The fraction of sp³-hybridized carbons (Fsp3) is 0.407. The molecular formula is C27H25F9N2O5S. The van der Waals surface area contributed by atoms with Gasteiger partial charge in [0.2, 0.25) is 10.0 Å². The molecule has 2 N–H and O–H groups in total. The highest BCUT2D eigenvalue weighted by molar-refractivity contribution is 7.89. The Labute approximate surface area is 245 Å². The lowest BCUT2D eigenvalue weighted by Gasteiger charge is -2.41. The summed E-state index contributed by atoms with van der Waals surface area (Å²) in [7, 11) is -4.32. The van der Waals surface area contributed by atoms with Crippen molar-refractivity contribution >= 4 is 27.4 Å². The molecule has 1 unspecified atom stereocenters. The van der Waals surface area contributed by atoms with Crippen LogP contribution in [0.4, 0.5) is 39.5 Å². The second-order valence-electron chi connectivity index (χ2n) is 9.93. The number of alkyl halides is 8. The van der Waals surface area contributed by atoms with E-state index in [1.165, 1.54) is 4.72 Å². The van der Waals surface area contributed by atoms with E-state index in [0.717, 1.165) is 30.3 Å². The summed E-state index contributed by atoms with van der Waals surface area (Å²) in [6, 6.07) is 5.67. The molecule has 0 saturated carbocycles. The summed E-state index contributed by atoms with van der Waals surface area (Å²) in [6.07, 6.45) is -14.5. The number of carbonyl (C=O) groups is 2. The Morgan fingerprint density at radius 1 is 1.02 bits per heavy atom. The summed E-state index contributed by atoms with van der Waals surface area (Å²) in [4.78, 5) is 25.9. The van der Waals surface area contributed by atoms with E-state index in [1.54, 1.807) is 5.32 Å². The van der Waals surface area contributed by atoms with E-state index in [1.807, 2.05) is 0 Å². The molecule has 0 aliphatic carbocycles. The number of halogens is 9. The van der Waals surface area contributed by atoms with Crippen molar-refractivity contribution < 1.29 is 62.3 Å². The van der Waals surface area contributed by atoms with Crippen molar-refractivity contribution in [3.63, 3.8) is 0 Å². The molecule has 1 heterocycles. The molecule has 0 fully saturated rings. The summed E-state index contributed by atoms with van der Waals surface area (Å²) in [5.74, 6) is -5.09. The summed E-state index contributed by atoms with van der Waals surface area (Å²) >= 11 is 0. The summed E-state index contributed by atoms with van der Waals surface area (Å²) in [5.41, 5.74) is -7.25. The molecule has 1 atom stereocenters. The number of benzene rings is 2. The third-order valence-electron chi connectivity index (χ3n) is 6.57. The molecule has 2 amide bonds. The van der Waals surface area contributed by atoms with Crippen molar-refractivity contribution in [2.24, 2.45) is 0 Å². The maximum Gasteiger partial charge on any atom is 0.416 e. The normalized spacial score (nSPS) is 17.9. The zero-order valence-electron chi connectivity index (χ0n) is 22.7. The number of hydrogen-bond acceptors (Lipinski definition) is 5. The highest BCUT2D eigenvalue weighted by Gasteiger charge is 2.61. The smallest absolute Gasteiger partial charge is 0.416 e. The lowest BCUT2D eigenvalue weighted by Crippen LogP contribution is -2.60. The molecule has 242 valence electrons. The van der Waals surface area contributed by atoms with E-state index in [-0.39, 0.29) is 37.2 Å². The van der Waals surface area contributed by atoms with Crippen LogP contribution in [-0.4, -0.2) is 45.4 Å². The van der Waals surface area contributed by atoms with Crippen molar-refractivity contribution in [1.29, 1.82) is 0 Å². The summed E-state index contributed by atoms with van der Waals surface area (Å²) in [6.45, 7) is -0.169. The van der Waals surface area contributed by atoms with Gasteiger partial charge in [0.1, 0.15) is 17.1 Å². The first-order valence-corrected chi connectivity index (χ1v) is 14.7. The predicted octanol–water partition coefficient (Wildman–Crippen LogP) is 6.07. The maximum atomic E-state index is 15.3. The van der Waals surface area contributed by atoms with E-state index in [0.29, 0.717) is 18.4 Å². The molecule has 7 nitrogen and oxygen atoms in total. The van der Waals surface area contributed by atoms with Gasteiger partial charge in [-0.3, -0.25) is 9.59 Å². The van der Waals surface area contributed by atoms with Crippen LogP contribution >= 0.6 is 0 Å². The molecule has 0 bridgehead atoms. The van der Waals surface area contributed by atoms with Crippen molar-refractivity contribution in [3.8, 4) is 5.75 Å². The molecular weight excluding hydrogens is 635 g/mol. The Bertz CT molecular complexity index is 1520. The van der Waals surface area contributed by atoms with Gasteiger partial charge in [-0.25, -0.2) is 26.3 Å². The number of sulfonamides is 1. The number of hydrogen-bond donors (Lipinski definition) is 2. The van der Waals surface area contributed by atoms with Gasteiger partial charge < -0.3 is 10.1 Å².